The van der Waals surface area contributed by atoms with Gasteiger partial charge in [0.25, 0.3) is 5.56 Å². The van der Waals surface area contributed by atoms with Crippen LogP contribution in [0.4, 0.5) is 0 Å². The molecular weight excluding hydrogens is 450 g/mol. The Kier molecular flexibility index (Phi) is 8.18. The number of hydrogen-bond donors (Lipinski definition) is 0. The summed E-state index contributed by atoms with van der Waals surface area (Å²) in [5, 5.41) is 0. The highest BCUT2D eigenvalue weighted by Crippen LogP contribution is 2.37. The third kappa shape index (κ3) is 5.28. The van der Waals surface area contributed by atoms with Crippen LogP contribution in [0.2, 0.25) is 0 Å². The molecule has 0 spiro atoms. The van der Waals surface area contributed by atoms with Gasteiger partial charge in [-0.1, -0.05) is 57.1 Å². The SMILES string of the molecule is CCOC(=O)c1nc2ccccc2n(C2CC3=[N+](C4CCCCCCCCCCC4)C(CC3)C2)c1=O. The lowest BCUT2D eigenvalue weighted by molar-refractivity contribution is -0.602. The fourth-order valence-corrected chi connectivity index (χ4v) is 6.99. The molecule has 0 saturated heterocycles. The second kappa shape index (κ2) is 11.7. The molecule has 3 heterocycles. The van der Waals surface area contributed by atoms with Crippen LogP contribution < -0.4 is 5.56 Å². The van der Waals surface area contributed by atoms with E-state index in [0.717, 1.165) is 24.8 Å². The van der Waals surface area contributed by atoms with E-state index >= 15 is 0 Å². The number of carbonyl (C=O) groups excluding carboxylic acids is 1. The zero-order valence-corrected chi connectivity index (χ0v) is 21.9. The molecule has 2 bridgehead atoms. The van der Waals surface area contributed by atoms with Crippen LogP contribution in [0.15, 0.2) is 29.1 Å². The third-order valence-corrected chi connectivity index (χ3v) is 8.64. The Labute approximate surface area is 214 Å². The minimum atomic E-state index is -0.622. The van der Waals surface area contributed by atoms with Crippen molar-refractivity contribution in [3.05, 3.63) is 40.3 Å². The number of aromatic nitrogens is 2. The number of nitrogens with zero attached hydrogens (tertiary/aromatic N) is 3. The van der Waals surface area contributed by atoms with E-state index in [1.165, 1.54) is 82.8 Å². The van der Waals surface area contributed by atoms with Gasteiger partial charge < -0.3 is 9.30 Å². The molecule has 1 fully saturated rings. The Morgan fingerprint density at radius 2 is 1.64 bits per heavy atom. The van der Waals surface area contributed by atoms with E-state index in [0.29, 0.717) is 17.6 Å². The molecule has 2 aliphatic heterocycles. The minimum Gasteiger partial charge on any atom is -0.461 e. The molecule has 1 aromatic carbocycles. The predicted molar refractivity (Wildman–Crippen MR) is 143 cm³/mol. The molecule has 6 heteroatoms. The summed E-state index contributed by atoms with van der Waals surface area (Å²) in [6.07, 6.45) is 19.2. The van der Waals surface area contributed by atoms with Gasteiger partial charge in [0.1, 0.15) is 0 Å². The maximum absolute atomic E-state index is 13.6. The lowest BCUT2D eigenvalue weighted by atomic mass is 9.93. The molecular formula is C30H42N3O3+. The average Bonchev–Trinajstić information content (AvgIpc) is 3.13. The fraction of sp³-hybridized carbons (Fsp3) is 0.667. The molecule has 36 heavy (non-hydrogen) atoms. The van der Waals surface area contributed by atoms with E-state index in [1.54, 1.807) is 6.92 Å². The van der Waals surface area contributed by atoms with E-state index in [2.05, 4.69) is 9.56 Å². The Bertz CT molecular complexity index is 1160. The Morgan fingerprint density at radius 1 is 0.972 bits per heavy atom. The average molecular weight is 493 g/mol. The Hall–Kier alpha value is -2.50. The van der Waals surface area contributed by atoms with Crippen LogP contribution in [0.25, 0.3) is 11.0 Å². The maximum atomic E-state index is 13.6. The normalized spacial score (nSPS) is 24.4. The second-order valence-corrected chi connectivity index (χ2v) is 11.0. The number of ether oxygens (including phenoxy) is 1. The summed E-state index contributed by atoms with van der Waals surface area (Å²) in [7, 11) is 0. The van der Waals surface area contributed by atoms with Gasteiger partial charge in [-0.05, 0) is 31.9 Å². The first kappa shape index (κ1) is 25.2. The van der Waals surface area contributed by atoms with Crippen LogP contribution in [0, 0.1) is 0 Å². The van der Waals surface area contributed by atoms with E-state index in [-0.39, 0.29) is 23.9 Å². The summed E-state index contributed by atoms with van der Waals surface area (Å²) in [6, 6.07) is 8.90. The molecule has 1 saturated carbocycles. The predicted octanol–water partition coefficient (Wildman–Crippen LogP) is 6.20. The van der Waals surface area contributed by atoms with E-state index in [1.807, 2.05) is 28.8 Å². The van der Waals surface area contributed by atoms with Crippen molar-refractivity contribution < 1.29 is 14.1 Å². The minimum absolute atomic E-state index is 0.0589. The van der Waals surface area contributed by atoms with Crippen LogP contribution in [0.3, 0.4) is 0 Å². The van der Waals surface area contributed by atoms with Gasteiger partial charge in [0, 0.05) is 38.5 Å². The van der Waals surface area contributed by atoms with Gasteiger partial charge in [0.05, 0.1) is 23.7 Å². The number of para-hydroxylation sites is 2. The van der Waals surface area contributed by atoms with Gasteiger partial charge in [0.2, 0.25) is 5.69 Å². The molecule has 1 aliphatic carbocycles. The molecule has 0 N–H and O–H groups in total. The van der Waals surface area contributed by atoms with Gasteiger partial charge in [-0.3, -0.25) is 4.79 Å². The van der Waals surface area contributed by atoms with Crippen molar-refractivity contribution in [3.8, 4) is 0 Å². The van der Waals surface area contributed by atoms with Crippen molar-refractivity contribution in [2.24, 2.45) is 0 Å². The summed E-state index contributed by atoms with van der Waals surface area (Å²) in [4.78, 5) is 30.6. The first-order valence-corrected chi connectivity index (χ1v) is 14.5. The summed E-state index contributed by atoms with van der Waals surface area (Å²) >= 11 is 0. The lowest BCUT2D eigenvalue weighted by Gasteiger charge is -2.30. The van der Waals surface area contributed by atoms with Crippen molar-refractivity contribution in [1.29, 1.82) is 0 Å². The van der Waals surface area contributed by atoms with E-state index in [4.69, 9.17) is 4.74 Å². The number of benzene rings is 1. The molecule has 2 aromatic rings. The van der Waals surface area contributed by atoms with Crippen molar-refractivity contribution in [1.82, 2.24) is 9.55 Å². The standard InChI is InChI=1S/C30H42N3O3/c1-2-36-30(35)28-29(34)33(27-17-13-12-16-26(27)31-28)25-20-23-18-19-24(21-25)32(23)22-14-10-8-6-4-3-5-7-9-11-15-22/h12-13,16-17,22-23,25H,2-11,14-15,18-21H2,1H3/q+1. The Morgan fingerprint density at radius 3 is 2.31 bits per heavy atom. The van der Waals surface area contributed by atoms with E-state index in [9.17, 15) is 9.59 Å². The highest BCUT2D eigenvalue weighted by molar-refractivity contribution is 5.90. The topological polar surface area (TPSA) is 64.2 Å². The zero-order chi connectivity index (χ0) is 24.9. The second-order valence-electron chi connectivity index (χ2n) is 11.0. The van der Waals surface area contributed by atoms with Crippen LogP contribution >= 0.6 is 0 Å². The molecule has 2 atom stereocenters. The highest BCUT2D eigenvalue weighted by Gasteiger charge is 2.45. The number of esters is 1. The molecule has 2 unspecified atom stereocenters. The smallest absolute Gasteiger partial charge is 0.362 e. The van der Waals surface area contributed by atoms with E-state index < -0.39 is 5.97 Å². The molecule has 194 valence electrons. The van der Waals surface area contributed by atoms with Crippen molar-refractivity contribution >= 4 is 22.7 Å². The summed E-state index contributed by atoms with van der Waals surface area (Å²) in [6.45, 7) is 1.98. The summed E-state index contributed by atoms with van der Waals surface area (Å²) in [5.41, 5.74) is 2.63. The molecule has 0 amide bonds. The third-order valence-electron chi connectivity index (χ3n) is 8.64. The van der Waals surface area contributed by atoms with Crippen molar-refractivity contribution in [2.75, 3.05) is 6.61 Å². The number of carbonyl (C=O) groups is 1. The van der Waals surface area contributed by atoms with Gasteiger partial charge in [-0.2, -0.15) is 0 Å². The fourth-order valence-electron chi connectivity index (χ4n) is 6.99. The van der Waals surface area contributed by atoms with Crippen LogP contribution in [0.5, 0.6) is 0 Å². The van der Waals surface area contributed by atoms with Crippen molar-refractivity contribution in [2.45, 2.75) is 121 Å². The number of fused-ring (bicyclic) bond motifs is 2. The van der Waals surface area contributed by atoms with Gasteiger partial charge in [-0.15, -0.1) is 0 Å². The number of rotatable bonds is 4. The van der Waals surface area contributed by atoms with Gasteiger partial charge in [-0.25, -0.2) is 14.4 Å². The van der Waals surface area contributed by atoms with Gasteiger partial charge >= 0.3 is 5.97 Å². The zero-order valence-electron chi connectivity index (χ0n) is 21.9. The van der Waals surface area contributed by atoms with Gasteiger partial charge in [0.15, 0.2) is 17.8 Å². The quantitative estimate of drug-likeness (QED) is 0.377. The lowest BCUT2D eigenvalue weighted by Crippen LogP contribution is -2.43. The summed E-state index contributed by atoms with van der Waals surface area (Å²) < 4.78 is 9.84. The highest BCUT2D eigenvalue weighted by atomic mass is 16.5. The van der Waals surface area contributed by atoms with Crippen LogP contribution in [-0.2, 0) is 4.74 Å². The monoisotopic (exact) mass is 492 g/mol. The van der Waals surface area contributed by atoms with Crippen molar-refractivity contribution in [3.63, 3.8) is 0 Å². The molecule has 1 aromatic heterocycles. The van der Waals surface area contributed by atoms with Crippen LogP contribution in [-0.4, -0.2) is 44.5 Å². The first-order valence-electron chi connectivity index (χ1n) is 14.5. The Balaban J connectivity index is 1.45. The number of hydrogen-bond acceptors (Lipinski definition) is 4. The molecule has 5 rings (SSSR count). The molecule has 3 aliphatic rings. The molecule has 0 radical (unpaired) electrons. The van der Waals surface area contributed by atoms with Crippen LogP contribution in [0.1, 0.15) is 120 Å². The molecule has 6 nitrogen and oxygen atoms in total. The maximum Gasteiger partial charge on any atom is 0.362 e. The largest absolute Gasteiger partial charge is 0.461 e. The summed E-state index contributed by atoms with van der Waals surface area (Å²) in [5.74, 6) is -0.622. The first-order chi connectivity index (χ1) is 17.7.